The van der Waals surface area contributed by atoms with Crippen molar-refractivity contribution < 1.29 is 4.74 Å². The van der Waals surface area contributed by atoms with Crippen LogP contribution in [-0.2, 0) is 4.74 Å². The van der Waals surface area contributed by atoms with Gasteiger partial charge in [0.15, 0.2) is 0 Å². The maximum Gasteiger partial charge on any atom is 0.0855 e. The van der Waals surface area contributed by atoms with E-state index in [1.54, 1.807) is 0 Å². The highest BCUT2D eigenvalue weighted by Crippen LogP contribution is 2.25. The summed E-state index contributed by atoms with van der Waals surface area (Å²) in [5, 5.41) is 3.68. The number of rotatable bonds is 10. The number of fused-ring (bicyclic) bond motifs is 1. The number of hydrogen-bond acceptors (Lipinski definition) is 3. The summed E-state index contributed by atoms with van der Waals surface area (Å²) in [6.45, 7) is 8.97. The second-order valence-corrected chi connectivity index (χ2v) is 6.88. The van der Waals surface area contributed by atoms with E-state index in [4.69, 9.17) is 4.74 Å². The van der Waals surface area contributed by atoms with Gasteiger partial charge in [0.25, 0.3) is 0 Å². The van der Waals surface area contributed by atoms with E-state index in [2.05, 4.69) is 24.1 Å². The molecule has 2 aliphatic rings. The predicted octanol–water partition coefficient (Wildman–Crippen LogP) is 3.58. The Morgan fingerprint density at radius 2 is 1.95 bits per heavy atom. The van der Waals surface area contributed by atoms with E-state index in [0.717, 1.165) is 25.7 Å². The zero-order valence-electron chi connectivity index (χ0n) is 14.3. The monoisotopic (exact) mass is 296 g/mol. The van der Waals surface area contributed by atoms with Crippen LogP contribution >= 0.6 is 0 Å². The zero-order chi connectivity index (χ0) is 14.9. The molecule has 0 aromatic rings. The highest BCUT2D eigenvalue weighted by atomic mass is 16.5. The Balaban J connectivity index is 1.68. The Kier molecular flexibility index (Phi) is 8.05. The lowest BCUT2D eigenvalue weighted by atomic mass is 10.00. The van der Waals surface area contributed by atoms with Crippen molar-refractivity contribution in [2.75, 3.05) is 26.2 Å². The standard InChI is InChI=1S/C18H36N2O/c1-3-5-6-7-8-9-12-17(19-4-2)18-14-20-13-10-11-16(20)15-21-18/h16-19H,3-15H2,1-2H3. The Hall–Kier alpha value is -0.120. The first-order valence-electron chi connectivity index (χ1n) is 9.44. The molecular formula is C18H36N2O. The molecule has 0 bridgehead atoms. The molecule has 0 amide bonds. The van der Waals surface area contributed by atoms with Crippen molar-refractivity contribution in [1.82, 2.24) is 10.2 Å². The molecule has 3 unspecified atom stereocenters. The SMILES string of the molecule is CCCCCCCCC(NCC)C1CN2CCCC2CO1. The van der Waals surface area contributed by atoms with Gasteiger partial charge in [-0.15, -0.1) is 0 Å². The maximum absolute atomic E-state index is 6.20. The number of nitrogens with zero attached hydrogens (tertiary/aromatic N) is 1. The largest absolute Gasteiger partial charge is 0.374 e. The molecule has 0 aliphatic carbocycles. The van der Waals surface area contributed by atoms with Crippen LogP contribution in [0.1, 0.15) is 71.6 Å². The van der Waals surface area contributed by atoms with E-state index in [-0.39, 0.29) is 0 Å². The van der Waals surface area contributed by atoms with Gasteiger partial charge in [-0.1, -0.05) is 52.4 Å². The van der Waals surface area contributed by atoms with E-state index in [1.807, 2.05) is 0 Å². The summed E-state index contributed by atoms with van der Waals surface area (Å²) in [7, 11) is 0. The lowest BCUT2D eigenvalue weighted by molar-refractivity contribution is -0.0656. The van der Waals surface area contributed by atoms with Gasteiger partial charge in [-0.3, -0.25) is 4.90 Å². The van der Waals surface area contributed by atoms with E-state index >= 15 is 0 Å². The third-order valence-electron chi connectivity index (χ3n) is 5.20. The van der Waals surface area contributed by atoms with Gasteiger partial charge in [0.2, 0.25) is 0 Å². The summed E-state index contributed by atoms with van der Waals surface area (Å²) >= 11 is 0. The fraction of sp³-hybridized carbons (Fsp3) is 1.00. The Morgan fingerprint density at radius 3 is 2.76 bits per heavy atom. The smallest absolute Gasteiger partial charge is 0.0855 e. The van der Waals surface area contributed by atoms with Crippen molar-refractivity contribution in [3.05, 3.63) is 0 Å². The average Bonchev–Trinajstić information content (AvgIpc) is 2.97. The number of morpholine rings is 1. The maximum atomic E-state index is 6.20. The van der Waals surface area contributed by atoms with E-state index in [1.165, 1.54) is 64.3 Å². The van der Waals surface area contributed by atoms with Gasteiger partial charge in [0.1, 0.15) is 0 Å². The van der Waals surface area contributed by atoms with Crippen LogP contribution in [0.25, 0.3) is 0 Å². The molecule has 0 saturated carbocycles. The van der Waals surface area contributed by atoms with Gasteiger partial charge >= 0.3 is 0 Å². The normalized spacial score (nSPS) is 27.7. The number of nitrogens with one attached hydrogen (secondary N) is 1. The summed E-state index contributed by atoms with van der Waals surface area (Å²) in [6, 6.07) is 1.28. The van der Waals surface area contributed by atoms with Gasteiger partial charge in [-0.05, 0) is 32.4 Å². The van der Waals surface area contributed by atoms with Gasteiger partial charge < -0.3 is 10.1 Å². The second kappa shape index (κ2) is 9.81. The molecular weight excluding hydrogens is 260 g/mol. The molecule has 1 N–H and O–H groups in total. The minimum atomic E-state index is 0.412. The quantitative estimate of drug-likeness (QED) is 0.624. The first-order valence-corrected chi connectivity index (χ1v) is 9.44. The minimum Gasteiger partial charge on any atom is -0.374 e. The summed E-state index contributed by atoms with van der Waals surface area (Å²) < 4.78 is 6.20. The van der Waals surface area contributed by atoms with E-state index in [0.29, 0.717) is 12.1 Å². The highest BCUT2D eigenvalue weighted by molar-refractivity contribution is 4.90. The molecule has 2 aliphatic heterocycles. The first kappa shape index (κ1) is 17.2. The molecule has 2 fully saturated rings. The van der Waals surface area contributed by atoms with Crippen molar-refractivity contribution in [2.24, 2.45) is 0 Å². The third-order valence-corrected chi connectivity index (χ3v) is 5.20. The highest BCUT2D eigenvalue weighted by Gasteiger charge is 2.35. The number of unbranched alkanes of at least 4 members (excludes halogenated alkanes) is 5. The van der Waals surface area contributed by atoms with Crippen molar-refractivity contribution in [3.63, 3.8) is 0 Å². The molecule has 3 heteroatoms. The van der Waals surface area contributed by atoms with Crippen LogP contribution in [0.15, 0.2) is 0 Å². The number of ether oxygens (including phenoxy) is 1. The van der Waals surface area contributed by atoms with Crippen LogP contribution in [0, 0.1) is 0 Å². The third kappa shape index (κ3) is 5.54. The van der Waals surface area contributed by atoms with Crippen molar-refractivity contribution in [2.45, 2.75) is 89.8 Å². The molecule has 2 rings (SSSR count). The molecule has 0 aromatic carbocycles. The fourth-order valence-electron chi connectivity index (χ4n) is 3.91. The number of likely N-dealkylation sites (N-methyl/N-ethyl adjacent to an activating group) is 1. The topological polar surface area (TPSA) is 24.5 Å². The molecule has 2 saturated heterocycles. The van der Waals surface area contributed by atoms with E-state index < -0.39 is 0 Å². The molecule has 2 heterocycles. The van der Waals surface area contributed by atoms with Gasteiger partial charge in [0, 0.05) is 18.6 Å². The van der Waals surface area contributed by atoms with Gasteiger partial charge in [-0.2, -0.15) is 0 Å². The predicted molar refractivity (Wildman–Crippen MR) is 89.8 cm³/mol. The molecule has 21 heavy (non-hydrogen) atoms. The second-order valence-electron chi connectivity index (χ2n) is 6.88. The van der Waals surface area contributed by atoms with Gasteiger partial charge in [0.05, 0.1) is 12.7 Å². The van der Waals surface area contributed by atoms with Crippen LogP contribution in [-0.4, -0.2) is 49.3 Å². The molecule has 124 valence electrons. The molecule has 0 spiro atoms. The zero-order valence-corrected chi connectivity index (χ0v) is 14.3. The Labute approximate surface area is 131 Å². The summed E-state index contributed by atoms with van der Waals surface area (Å²) in [6.07, 6.45) is 12.7. The lowest BCUT2D eigenvalue weighted by Gasteiger charge is -2.39. The molecule has 0 aromatic heterocycles. The lowest BCUT2D eigenvalue weighted by Crippen LogP contribution is -2.54. The molecule has 3 atom stereocenters. The van der Waals surface area contributed by atoms with Crippen LogP contribution in [0.4, 0.5) is 0 Å². The first-order chi connectivity index (χ1) is 10.3. The van der Waals surface area contributed by atoms with Crippen LogP contribution < -0.4 is 5.32 Å². The van der Waals surface area contributed by atoms with Crippen LogP contribution in [0.2, 0.25) is 0 Å². The number of hydrogen-bond donors (Lipinski definition) is 1. The minimum absolute atomic E-state index is 0.412. The summed E-state index contributed by atoms with van der Waals surface area (Å²) in [5.41, 5.74) is 0. The molecule has 0 radical (unpaired) electrons. The summed E-state index contributed by atoms with van der Waals surface area (Å²) in [4.78, 5) is 2.67. The van der Waals surface area contributed by atoms with Gasteiger partial charge in [-0.25, -0.2) is 0 Å². The Bertz CT molecular complexity index is 272. The Morgan fingerprint density at radius 1 is 1.14 bits per heavy atom. The summed E-state index contributed by atoms with van der Waals surface area (Å²) in [5.74, 6) is 0. The van der Waals surface area contributed by atoms with Crippen LogP contribution in [0.3, 0.4) is 0 Å². The van der Waals surface area contributed by atoms with E-state index in [9.17, 15) is 0 Å². The van der Waals surface area contributed by atoms with Crippen molar-refractivity contribution >= 4 is 0 Å². The fourth-order valence-corrected chi connectivity index (χ4v) is 3.91. The van der Waals surface area contributed by atoms with Crippen molar-refractivity contribution in [1.29, 1.82) is 0 Å². The average molecular weight is 296 g/mol. The van der Waals surface area contributed by atoms with Crippen LogP contribution in [0.5, 0.6) is 0 Å². The van der Waals surface area contributed by atoms with Crippen molar-refractivity contribution in [3.8, 4) is 0 Å². The molecule has 3 nitrogen and oxygen atoms in total.